The summed E-state index contributed by atoms with van der Waals surface area (Å²) >= 11 is 5.78. The van der Waals surface area contributed by atoms with E-state index in [9.17, 15) is 19.2 Å². The van der Waals surface area contributed by atoms with Crippen LogP contribution in [0.25, 0.3) is 10.8 Å². The van der Waals surface area contributed by atoms with Crippen LogP contribution < -0.4 is 19.8 Å². The normalized spacial score (nSPS) is 19.1. The van der Waals surface area contributed by atoms with Crippen LogP contribution >= 0.6 is 39.0 Å². The average Bonchev–Trinajstić information content (AvgIpc) is 3.51. The van der Waals surface area contributed by atoms with Gasteiger partial charge in [-0.25, -0.2) is 4.90 Å². The Morgan fingerprint density at radius 1 is 0.955 bits per heavy atom. The summed E-state index contributed by atoms with van der Waals surface area (Å²) in [6.45, 7) is 1.66. The number of rotatable bonds is 6. The van der Waals surface area contributed by atoms with E-state index < -0.39 is 17.1 Å². The number of thiazole rings is 1. The number of anilines is 2. The molecule has 3 amide bonds. The van der Waals surface area contributed by atoms with E-state index in [4.69, 9.17) is 4.74 Å². The van der Waals surface area contributed by atoms with E-state index in [0.29, 0.717) is 32.6 Å². The van der Waals surface area contributed by atoms with E-state index in [0.717, 1.165) is 32.1 Å². The number of ether oxygens (including phenoxy) is 1. The van der Waals surface area contributed by atoms with E-state index in [1.165, 1.54) is 16.7 Å². The molecule has 1 fully saturated rings. The minimum atomic E-state index is -0.782. The van der Waals surface area contributed by atoms with Crippen molar-refractivity contribution in [1.82, 2.24) is 4.98 Å². The first kappa shape index (κ1) is 28.6. The lowest BCUT2D eigenvalue weighted by Crippen LogP contribution is -2.32. The van der Waals surface area contributed by atoms with E-state index in [2.05, 4.69) is 26.2 Å². The molecule has 0 aliphatic carbocycles. The van der Waals surface area contributed by atoms with Gasteiger partial charge in [0.15, 0.2) is 6.61 Å². The lowest BCUT2D eigenvalue weighted by atomic mass is 9.82. The predicted octanol–water partition coefficient (Wildman–Crippen LogP) is 6.47. The van der Waals surface area contributed by atoms with Gasteiger partial charge in [-0.2, -0.15) is 0 Å². The number of hydrogen-bond acceptors (Lipinski definition) is 7. The standard InChI is InChI=1S/C33H24BrN3O5S2/c1-17-6-11-22(12-7-17)37-31(39)27-26(28-30(36-33(41)44-28)43-29(27)32(37)40)23-15-20(34)9-13-24(23)42-16-25(38)35-21-10-8-18-4-2-3-5-19(18)14-21/h2-15,26-27,29H,16H2,1H3,(H,35,38)(H,36,41). The first-order valence-electron chi connectivity index (χ1n) is 13.8. The Hall–Kier alpha value is -4.19. The van der Waals surface area contributed by atoms with Crippen molar-refractivity contribution in [3.05, 3.63) is 115 Å². The highest BCUT2D eigenvalue weighted by molar-refractivity contribution is 9.10. The van der Waals surface area contributed by atoms with Gasteiger partial charge in [-0.05, 0) is 60.2 Å². The number of aromatic nitrogens is 1. The van der Waals surface area contributed by atoms with Gasteiger partial charge in [0, 0.05) is 26.5 Å². The van der Waals surface area contributed by atoms with Crippen LogP contribution in [0.3, 0.4) is 0 Å². The summed E-state index contributed by atoms with van der Waals surface area (Å²) in [7, 11) is 0. The molecular formula is C33H24BrN3O5S2. The number of H-pyrrole nitrogens is 1. The van der Waals surface area contributed by atoms with Gasteiger partial charge in [-0.15, -0.1) is 0 Å². The summed E-state index contributed by atoms with van der Waals surface area (Å²) < 4.78 is 6.82. The Morgan fingerprint density at radius 3 is 2.52 bits per heavy atom. The predicted molar refractivity (Wildman–Crippen MR) is 176 cm³/mol. The molecule has 1 aromatic heterocycles. The third-order valence-electron chi connectivity index (χ3n) is 7.81. The van der Waals surface area contributed by atoms with Crippen LogP contribution in [0.2, 0.25) is 0 Å². The van der Waals surface area contributed by atoms with Gasteiger partial charge in [-0.1, -0.05) is 87.1 Å². The summed E-state index contributed by atoms with van der Waals surface area (Å²) in [4.78, 5) is 57.9. The highest BCUT2D eigenvalue weighted by Crippen LogP contribution is 2.54. The zero-order chi connectivity index (χ0) is 30.5. The molecule has 2 aliphatic rings. The van der Waals surface area contributed by atoms with Gasteiger partial charge in [0.05, 0.1) is 16.6 Å². The third-order valence-corrected chi connectivity index (χ3v) is 10.7. The number of aryl methyl sites for hydroxylation is 1. The van der Waals surface area contributed by atoms with Gasteiger partial charge in [0.2, 0.25) is 11.8 Å². The van der Waals surface area contributed by atoms with Gasteiger partial charge in [0.1, 0.15) is 11.0 Å². The van der Waals surface area contributed by atoms with E-state index in [1.54, 1.807) is 24.3 Å². The van der Waals surface area contributed by atoms with Crippen LogP contribution in [0, 0.1) is 12.8 Å². The number of aromatic amines is 1. The molecule has 2 aliphatic heterocycles. The Labute approximate surface area is 268 Å². The number of amides is 3. The van der Waals surface area contributed by atoms with Crippen LogP contribution in [0.5, 0.6) is 5.75 Å². The van der Waals surface area contributed by atoms with Crippen molar-refractivity contribution < 1.29 is 19.1 Å². The summed E-state index contributed by atoms with van der Waals surface area (Å²) in [5.74, 6) is -2.06. The molecule has 3 heterocycles. The van der Waals surface area contributed by atoms with Crippen LogP contribution in [0.1, 0.15) is 21.9 Å². The second kappa shape index (κ2) is 11.4. The second-order valence-corrected chi connectivity index (χ2v) is 13.8. The first-order valence-corrected chi connectivity index (χ1v) is 16.3. The Kier molecular flexibility index (Phi) is 7.39. The molecule has 220 valence electrons. The fourth-order valence-electron chi connectivity index (χ4n) is 5.80. The maximum Gasteiger partial charge on any atom is 0.305 e. The van der Waals surface area contributed by atoms with Crippen molar-refractivity contribution >= 4 is 78.9 Å². The number of nitrogens with one attached hydrogen (secondary N) is 2. The van der Waals surface area contributed by atoms with Crippen molar-refractivity contribution in [1.29, 1.82) is 0 Å². The molecule has 3 atom stereocenters. The van der Waals surface area contributed by atoms with Crippen LogP contribution in [0.4, 0.5) is 11.4 Å². The smallest absolute Gasteiger partial charge is 0.305 e. The molecular weight excluding hydrogens is 662 g/mol. The Bertz CT molecular complexity index is 2020. The number of imide groups is 1. The lowest BCUT2D eigenvalue weighted by molar-refractivity contribution is -0.122. The molecule has 7 rings (SSSR count). The minimum absolute atomic E-state index is 0.269. The average molecular weight is 687 g/mol. The lowest BCUT2D eigenvalue weighted by Gasteiger charge is -2.31. The molecule has 2 N–H and O–H groups in total. The monoisotopic (exact) mass is 685 g/mol. The van der Waals surface area contributed by atoms with E-state index >= 15 is 0 Å². The number of thioether (sulfide) groups is 1. The Morgan fingerprint density at radius 2 is 1.73 bits per heavy atom. The number of carbonyl (C=O) groups is 3. The molecule has 5 aromatic rings. The maximum atomic E-state index is 14.1. The zero-order valence-electron chi connectivity index (χ0n) is 23.2. The van der Waals surface area contributed by atoms with Crippen molar-refractivity contribution in [3.63, 3.8) is 0 Å². The summed E-state index contributed by atoms with van der Waals surface area (Å²) in [5, 5.41) is 4.78. The Balaban J connectivity index is 1.21. The largest absolute Gasteiger partial charge is 0.483 e. The quantitative estimate of drug-likeness (QED) is 0.198. The molecule has 8 nitrogen and oxygen atoms in total. The van der Waals surface area contributed by atoms with E-state index in [1.807, 2.05) is 67.6 Å². The summed E-state index contributed by atoms with van der Waals surface area (Å²) in [6.07, 6.45) is 0. The van der Waals surface area contributed by atoms with Crippen LogP contribution in [-0.2, 0) is 14.4 Å². The van der Waals surface area contributed by atoms with E-state index in [-0.39, 0.29) is 29.2 Å². The molecule has 0 saturated carbocycles. The zero-order valence-corrected chi connectivity index (χ0v) is 26.4. The summed E-state index contributed by atoms with van der Waals surface area (Å²) in [6, 6.07) is 26.2. The fourth-order valence-corrected chi connectivity index (χ4v) is 8.69. The number of hydrogen-bond donors (Lipinski definition) is 2. The molecule has 0 radical (unpaired) electrons. The molecule has 0 spiro atoms. The number of halogens is 1. The maximum absolute atomic E-state index is 14.1. The minimum Gasteiger partial charge on any atom is -0.483 e. The van der Waals surface area contributed by atoms with Crippen molar-refractivity contribution in [2.75, 3.05) is 16.8 Å². The van der Waals surface area contributed by atoms with Crippen LogP contribution in [0.15, 0.2) is 99.2 Å². The molecule has 44 heavy (non-hydrogen) atoms. The third kappa shape index (κ3) is 5.14. The van der Waals surface area contributed by atoms with Crippen LogP contribution in [-0.4, -0.2) is 34.6 Å². The van der Waals surface area contributed by atoms with Crippen molar-refractivity contribution in [3.8, 4) is 5.75 Å². The van der Waals surface area contributed by atoms with Gasteiger partial charge in [-0.3, -0.25) is 19.2 Å². The fraction of sp³-hybridized carbons (Fsp3) is 0.152. The highest BCUT2D eigenvalue weighted by atomic mass is 79.9. The highest BCUT2D eigenvalue weighted by Gasteiger charge is 2.56. The van der Waals surface area contributed by atoms with Crippen molar-refractivity contribution in [2.24, 2.45) is 5.92 Å². The number of carbonyl (C=O) groups excluding carboxylic acids is 3. The van der Waals surface area contributed by atoms with Crippen molar-refractivity contribution in [2.45, 2.75) is 23.1 Å². The molecule has 11 heteroatoms. The molecule has 3 unspecified atom stereocenters. The number of fused-ring (bicyclic) bond motifs is 3. The SMILES string of the molecule is Cc1ccc(N2C(=O)C3Sc4[nH]c(=O)sc4C(c4cc(Br)ccc4OCC(=O)Nc4ccc5ccccc5c4)C3C2=O)cc1. The molecule has 0 bridgehead atoms. The second-order valence-electron chi connectivity index (χ2n) is 10.7. The molecule has 1 saturated heterocycles. The number of benzene rings is 4. The molecule has 4 aromatic carbocycles. The van der Waals surface area contributed by atoms with Gasteiger partial charge >= 0.3 is 4.87 Å². The summed E-state index contributed by atoms with van der Waals surface area (Å²) in [5.41, 5.74) is 2.77. The topological polar surface area (TPSA) is 109 Å². The van der Waals surface area contributed by atoms with Gasteiger partial charge in [0.25, 0.3) is 5.91 Å². The van der Waals surface area contributed by atoms with Gasteiger partial charge < -0.3 is 15.0 Å². The first-order chi connectivity index (χ1) is 21.3. The number of nitrogens with zero attached hydrogens (tertiary/aromatic N) is 1.